The standard InChI is InChI=1S/C30H32ClNO4/c1-18-16-22-9-8-20(14-15-30(6,7)32-19(2)33)17-24(22)26(21-10-12-23(31)13-11-21)25(18)27(28(34)35)36-29(3,4)5/h8-13,16-17,27H,1-7H3,(H,32,33)(H,34,35). The SMILES string of the molecule is CC(=O)NC(C)(C)C#Cc1ccc2cc(C)c(C(OC(C)(C)C)C(=O)O)c(-c3ccc(Cl)cc3)c2c1. The molecule has 0 heterocycles. The third-order valence-corrected chi connectivity index (χ3v) is 5.74. The molecule has 0 fully saturated rings. The van der Waals surface area contributed by atoms with E-state index in [1.807, 2.05) is 77.9 Å². The Bertz CT molecular complexity index is 1370. The number of aryl methyl sites for hydroxylation is 1. The predicted molar refractivity (Wildman–Crippen MR) is 145 cm³/mol. The molecular formula is C30H32ClNO4. The van der Waals surface area contributed by atoms with Crippen molar-refractivity contribution >= 4 is 34.2 Å². The van der Waals surface area contributed by atoms with Crippen LogP contribution < -0.4 is 5.32 Å². The normalized spacial score (nSPS) is 12.6. The predicted octanol–water partition coefficient (Wildman–Crippen LogP) is 6.68. The van der Waals surface area contributed by atoms with Crippen molar-refractivity contribution < 1.29 is 19.4 Å². The smallest absolute Gasteiger partial charge is 0.337 e. The van der Waals surface area contributed by atoms with Crippen LogP contribution in [0.15, 0.2) is 48.5 Å². The van der Waals surface area contributed by atoms with Crippen LogP contribution >= 0.6 is 11.6 Å². The third kappa shape index (κ3) is 6.66. The molecule has 6 heteroatoms. The van der Waals surface area contributed by atoms with Crippen LogP contribution in [0.25, 0.3) is 21.9 Å². The average molecular weight is 506 g/mol. The molecule has 3 aromatic carbocycles. The number of ether oxygens (including phenoxy) is 1. The highest BCUT2D eigenvalue weighted by atomic mass is 35.5. The number of halogens is 1. The maximum Gasteiger partial charge on any atom is 0.337 e. The van der Waals surface area contributed by atoms with Crippen LogP contribution in [0.5, 0.6) is 0 Å². The highest BCUT2D eigenvalue weighted by Crippen LogP contribution is 2.41. The maximum atomic E-state index is 12.5. The van der Waals surface area contributed by atoms with Crippen LogP contribution in [-0.2, 0) is 14.3 Å². The molecular weight excluding hydrogens is 474 g/mol. The molecule has 36 heavy (non-hydrogen) atoms. The molecule has 1 unspecified atom stereocenters. The molecule has 0 aliphatic carbocycles. The van der Waals surface area contributed by atoms with Crippen LogP contribution in [0.1, 0.15) is 64.3 Å². The number of carboxylic acids is 1. The van der Waals surface area contributed by atoms with Gasteiger partial charge >= 0.3 is 5.97 Å². The lowest BCUT2D eigenvalue weighted by molar-refractivity contribution is -0.160. The number of carbonyl (C=O) groups excluding carboxylic acids is 1. The Hall–Kier alpha value is -3.33. The van der Waals surface area contributed by atoms with Gasteiger partial charge in [0.25, 0.3) is 0 Å². The lowest BCUT2D eigenvalue weighted by atomic mass is 9.86. The van der Waals surface area contributed by atoms with Crippen molar-refractivity contribution in [1.82, 2.24) is 5.32 Å². The number of rotatable bonds is 5. The summed E-state index contributed by atoms with van der Waals surface area (Å²) in [6.07, 6.45) is -1.17. The van der Waals surface area contributed by atoms with Gasteiger partial charge in [0.15, 0.2) is 6.10 Å². The van der Waals surface area contributed by atoms with Gasteiger partial charge in [-0.15, -0.1) is 0 Å². The Morgan fingerprint density at radius 2 is 1.67 bits per heavy atom. The minimum Gasteiger partial charge on any atom is -0.479 e. The van der Waals surface area contributed by atoms with E-state index in [-0.39, 0.29) is 5.91 Å². The van der Waals surface area contributed by atoms with E-state index in [1.54, 1.807) is 12.1 Å². The lowest BCUT2D eigenvalue weighted by Crippen LogP contribution is -2.40. The van der Waals surface area contributed by atoms with Gasteiger partial charge in [-0.1, -0.05) is 47.7 Å². The van der Waals surface area contributed by atoms with Crippen LogP contribution in [0, 0.1) is 18.8 Å². The molecule has 1 atom stereocenters. The zero-order valence-electron chi connectivity index (χ0n) is 21.7. The Morgan fingerprint density at radius 1 is 1.03 bits per heavy atom. The van der Waals surface area contributed by atoms with Crippen LogP contribution in [0.4, 0.5) is 0 Å². The highest BCUT2D eigenvalue weighted by Gasteiger charge is 2.31. The number of fused-ring (bicyclic) bond motifs is 1. The first-order valence-electron chi connectivity index (χ1n) is 11.7. The lowest BCUT2D eigenvalue weighted by Gasteiger charge is -2.28. The van der Waals surface area contributed by atoms with Crippen molar-refractivity contribution in [1.29, 1.82) is 0 Å². The van der Waals surface area contributed by atoms with Crippen LogP contribution in [0.3, 0.4) is 0 Å². The van der Waals surface area contributed by atoms with E-state index in [2.05, 4.69) is 17.2 Å². The number of hydrogen-bond acceptors (Lipinski definition) is 3. The first kappa shape index (κ1) is 27.3. The number of carboxylic acid groups (broad SMARTS) is 1. The molecule has 5 nitrogen and oxygen atoms in total. The monoisotopic (exact) mass is 505 g/mol. The minimum absolute atomic E-state index is 0.156. The number of benzene rings is 3. The largest absolute Gasteiger partial charge is 0.479 e. The number of amides is 1. The van der Waals surface area contributed by atoms with Crippen LogP contribution in [-0.4, -0.2) is 28.1 Å². The van der Waals surface area contributed by atoms with Crippen molar-refractivity contribution in [3.05, 3.63) is 70.2 Å². The summed E-state index contributed by atoms with van der Waals surface area (Å²) < 4.78 is 6.07. The fourth-order valence-corrected chi connectivity index (χ4v) is 4.31. The molecule has 1 amide bonds. The second-order valence-electron chi connectivity index (χ2n) is 10.4. The summed E-state index contributed by atoms with van der Waals surface area (Å²) in [6, 6.07) is 15.2. The molecule has 0 aliphatic rings. The summed E-state index contributed by atoms with van der Waals surface area (Å²) in [5.74, 6) is 5.06. The van der Waals surface area contributed by atoms with Crippen molar-refractivity contribution in [3.63, 3.8) is 0 Å². The van der Waals surface area contributed by atoms with Gasteiger partial charge in [0.1, 0.15) is 0 Å². The Kier molecular flexibility index (Phi) is 7.83. The summed E-state index contributed by atoms with van der Waals surface area (Å²) in [5.41, 5.74) is 2.37. The molecule has 0 bridgehead atoms. The summed E-state index contributed by atoms with van der Waals surface area (Å²) in [7, 11) is 0. The average Bonchev–Trinajstić information content (AvgIpc) is 2.74. The van der Waals surface area contributed by atoms with Gasteiger partial charge in [-0.25, -0.2) is 4.79 Å². The molecule has 188 valence electrons. The van der Waals surface area contributed by atoms with Crippen molar-refractivity contribution in [2.75, 3.05) is 0 Å². The molecule has 0 aliphatic heterocycles. The van der Waals surface area contributed by atoms with Gasteiger partial charge in [0, 0.05) is 23.1 Å². The number of hydrogen-bond donors (Lipinski definition) is 2. The fraction of sp³-hybridized carbons (Fsp3) is 0.333. The van der Waals surface area contributed by atoms with Gasteiger partial charge in [0.2, 0.25) is 5.91 Å². The zero-order chi connectivity index (χ0) is 26.8. The fourth-order valence-electron chi connectivity index (χ4n) is 4.18. The van der Waals surface area contributed by atoms with Crippen molar-refractivity contribution in [2.45, 2.75) is 65.7 Å². The molecule has 2 N–H and O–H groups in total. The quantitative estimate of drug-likeness (QED) is 0.379. The second kappa shape index (κ2) is 10.3. The van der Waals surface area contributed by atoms with E-state index in [1.165, 1.54) is 6.92 Å². The third-order valence-electron chi connectivity index (χ3n) is 5.49. The molecule has 0 spiro atoms. The van der Waals surface area contributed by atoms with Crippen LogP contribution in [0.2, 0.25) is 5.02 Å². The van der Waals surface area contributed by atoms with Gasteiger partial charge in [-0.2, -0.15) is 0 Å². The molecule has 3 rings (SSSR count). The second-order valence-corrected chi connectivity index (χ2v) is 10.9. The Morgan fingerprint density at radius 3 is 2.22 bits per heavy atom. The summed E-state index contributed by atoms with van der Waals surface area (Å²) in [6.45, 7) is 12.6. The highest BCUT2D eigenvalue weighted by molar-refractivity contribution is 6.30. The summed E-state index contributed by atoms with van der Waals surface area (Å²) >= 11 is 6.17. The van der Waals surface area contributed by atoms with E-state index in [0.29, 0.717) is 10.6 Å². The van der Waals surface area contributed by atoms with Gasteiger partial charge in [-0.3, -0.25) is 4.79 Å². The van der Waals surface area contributed by atoms with Gasteiger partial charge in [-0.05, 0) is 93.3 Å². The number of aliphatic carboxylic acids is 1. The maximum absolute atomic E-state index is 12.5. The summed E-state index contributed by atoms with van der Waals surface area (Å²) in [4.78, 5) is 24.0. The molecule has 0 radical (unpaired) electrons. The van der Waals surface area contributed by atoms with Crippen molar-refractivity contribution in [2.24, 2.45) is 0 Å². The van der Waals surface area contributed by atoms with E-state index in [4.69, 9.17) is 16.3 Å². The zero-order valence-corrected chi connectivity index (χ0v) is 22.5. The molecule has 3 aromatic rings. The van der Waals surface area contributed by atoms with E-state index >= 15 is 0 Å². The molecule has 0 aromatic heterocycles. The molecule has 0 saturated heterocycles. The van der Waals surface area contributed by atoms with Gasteiger partial charge in [0.05, 0.1) is 11.1 Å². The Labute approximate surface area is 217 Å². The summed E-state index contributed by atoms with van der Waals surface area (Å²) in [5, 5.41) is 15.4. The number of carbonyl (C=O) groups is 2. The molecule has 0 saturated carbocycles. The van der Waals surface area contributed by atoms with E-state index < -0.39 is 23.2 Å². The topological polar surface area (TPSA) is 75.6 Å². The number of nitrogens with one attached hydrogen (secondary N) is 1. The van der Waals surface area contributed by atoms with E-state index in [9.17, 15) is 14.7 Å². The van der Waals surface area contributed by atoms with Gasteiger partial charge < -0.3 is 15.2 Å². The Balaban J connectivity index is 2.33. The minimum atomic E-state index is -1.17. The van der Waals surface area contributed by atoms with Crippen molar-refractivity contribution in [3.8, 4) is 23.0 Å². The van der Waals surface area contributed by atoms with E-state index in [0.717, 1.165) is 33.0 Å². The first-order chi connectivity index (χ1) is 16.7. The first-order valence-corrected chi connectivity index (χ1v) is 12.1.